The maximum absolute atomic E-state index is 12.4. The van der Waals surface area contributed by atoms with Crippen LogP contribution in [0, 0.1) is 5.92 Å². The van der Waals surface area contributed by atoms with Gasteiger partial charge in [0.1, 0.15) is 0 Å². The van der Waals surface area contributed by atoms with Gasteiger partial charge in [-0.2, -0.15) is 17.0 Å². The molecule has 0 unspecified atom stereocenters. The van der Waals surface area contributed by atoms with Gasteiger partial charge >= 0.3 is 0 Å². The molecule has 1 saturated heterocycles. The van der Waals surface area contributed by atoms with Gasteiger partial charge < -0.3 is 5.73 Å². The van der Waals surface area contributed by atoms with Crippen LogP contribution >= 0.6 is 0 Å². The lowest BCUT2D eigenvalue weighted by molar-refractivity contribution is 0.220. The van der Waals surface area contributed by atoms with Crippen molar-refractivity contribution in [3.05, 3.63) is 0 Å². The Labute approximate surface area is 110 Å². The van der Waals surface area contributed by atoms with Crippen molar-refractivity contribution in [2.24, 2.45) is 11.7 Å². The highest BCUT2D eigenvalue weighted by molar-refractivity contribution is 7.86. The largest absolute Gasteiger partial charge is 0.328 e. The van der Waals surface area contributed by atoms with Gasteiger partial charge in [0, 0.05) is 32.7 Å². The van der Waals surface area contributed by atoms with Gasteiger partial charge in [-0.15, -0.1) is 0 Å². The maximum Gasteiger partial charge on any atom is 0.281 e. The van der Waals surface area contributed by atoms with Gasteiger partial charge in [0.05, 0.1) is 0 Å². The summed E-state index contributed by atoms with van der Waals surface area (Å²) in [7, 11) is -1.55. The number of rotatable bonds is 4. The maximum atomic E-state index is 12.4. The van der Waals surface area contributed by atoms with Crippen LogP contribution in [0.1, 0.15) is 38.5 Å². The molecular weight excluding hydrogens is 250 g/mol. The molecule has 0 bridgehead atoms. The number of hydrogen-bond donors (Lipinski definition) is 1. The number of nitrogens with two attached hydrogens (primary N) is 1. The zero-order valence-corrected chi connectivity index (χ0v) is 12.0. The molecule has 5 nitrogen and oxygen atoms in total. The minimum Gasteiger partial charge on any atom is -0.328 e. The van der Waals surface area contributed by atoms with Gasteiger partial charge in [-0.3, -0.25) is 0 Å². The van der Waals surface area contributed by atoms with E-state index in [0.717, 1.165) is 38.5 Å². The summed E-state index contributed by atoms with van der Waals surface area (Å²) in [6.45, 7) is 1.97. The van der Waals surface area contributed by atoms with Crippen LogP contribution in [0.2, 0.25) is 0 Å². The van der Waals surface area contributed by atoms with E-state index in [0.29, 0.717) is 25.6 Å². The zero-order valence-electron chi connectivity index (χ0n) is 11.2. The van der Waals surface area contributed by atoms with Crippen molar-refractivity contribution in [2.75, 3.05) is 26.7 Å². The molecule has 2 rings (SSSR count). The predicted molar refractivity (Wildman–Crippen MR) is 72.3 cm³/mol. The molecule has 1 heterocycles. The Balaban J connectivity index is 1.91. The summed E-state index contributed by atoms with van der Waals surface area (Å²) < 4.78 is 28.0. The lowest BCUT2D eigenvalue weighted by atomic mass is 9.81. The normalized spacial score (nSPS) is 31.1. The molecule has 2 aliphatic rings. The Morgan fingerprint density at radius 1 is 1.17 bits per heavy atom. The van der Waals surface area contributed by atoms with Gasteiger partial charge in [0.15, 0.2) is 0 Å². The summed E-state index contributed by atoms with van der Waals surface area (Å²) >= 11 is 0. The summed E-state index contributed by atoms with van der Waals surface area (Å²) in [5.41, 5.74) is 5.74. The molecule has 1 saturated carbocycles. The van der Waals surface area contributed by atoms with Crippen LogP contribution in [-0.2, 0) is 10.2 Å². The molecule has 0 aromatic rings. The average Bonchev–Trinajstić information content (AvgIpc) is 2.55. The summed E-state index contributed by atoms with van der Waals surface area (Å²) in [6.07, 6.45) is 6.18. The van der Waals surface area contributed by atoms with Crippen LogP contribution in [0.25, 0.3) is 0 Å². The van der Waals surface area contributed by atoms with Crippen molar-refractivity contribution in [1.82, 2.24) is 8.61 Å². The van der Waals surface area contributed by atoms with Crippen molar-refractivity contribution in [1.29, 1.82) is 0 Å². The second kappa shape index (κ2) is 5.86. The van der Waals surface area contributed by atoms with E-state index in [1.165, 1.54) is 4.31 Å². The fourth-order valence-corrected chi connectivity index (χ4v) is 4.38. The second-order valence-electron chi connectivity index (χ2n) is 5.70. The molecule has 0 aromatic heterocycles. The molecule has 0 amide bonds. The molecule has 0 aromatic carbocycles. The van der Waals surface area contributed by atoms with E-state index >= 15 is 0 Å². The first-order chi connectivity index (χ1) is 8.50. The third-order valence-electron chi connectivity index (χ3n) is 4.07. The van der Waals surface area contributed by atoms with E-state index < -0.39 is 10.2 Å². The van der Waals surface area contributed by atoms with Crippen molar-refractivity contribution >= 4 is 10.2 Å². The minimum atomic E-state index is -3.25. The fraction of sp³-hybridized carbons (Fsp3) is 1.00. The van der Waals surface area contributed by atoms with Crippen LogP contribution in [-0.4, -0.2) is 49.8 Å². The van der Waals surface area contributed by atoms with Gasteiger partial charge in [-0.05, 0) is 31.6 Å². The Kier molecular flexibility index (Phi) is 4.64. The highest BCUT2D eigenvalue weighted by Crippen LogP contribution is 2.27. The summed E-state index contributed by atoms with van der Waals surface area (Å²) in [5, 5.41) is 0. The predicted octanol–water partition coefficient (Wildman–Crippen LogP) is 0.776. The van der Waals surface area contributed by atoms with Crippen molar-refractivity contribution < 1.29 is 8.42 Å². The molecule has 18 heavy (non-hydrogen) atoms. The van der Waals surface area contributed by atoms with E-state index in [9.17, 15) is 8.42 Å². The van der Waals surface area contributed by atoms with Crippen molar-refractivity contribution in [2.45, 2.75) is 44.6 Å². The molecule has 0 atom stereocenters. The molecule has 0 spiro atoms. The number of hydrogen-bond acceptors (Lipinski definition) is 3. The first-order valence-corrected chi connectivity index (χ1v) is 8.37. The molecule has 1 aliphatic heterocycles. The Bertz CT molecular complexity index is 358. The van der Waals surface area contributed by atoms with E-state index in [1.807, 2.05) is 0 Å². The Hall–Kier alpha value is -0.170. The van der Waals surface area contributed by atoms with Gasteiger partial charge in [-0.1, -0.05) is 12.8 Å². The van der Waals surface area contributed by atoms with E-state index in [4.69, 9.17) is 5.73 Å². The third-order valence-corrected chi connectivity index (χ3v) is 6.03. The van der Waals surface area contributed by atoms with E-state index in [2.05, 4.69) is 0 Å². The van der Waals surface area contributed by atoms with Crippen LogP contribution < -0.4 is 5.73 Å². The first-order valence-electron chi connectivity index (χ1n) is 6.97. The van der Waals surface area contributed by atoms with Crippen molar-refractivity contribution in [3.8, 4) is 0 Å². The van der Waals surface area contributed by atoms with Crippen LogP contribution in [0.15, 0.2) is 0 Å². The monoisotopic (exact) mass is 275 g/mol. The Morgan fingerprint density at radius 2 is 1.72 bits per heavy atom. The summed E-state index contributed by atoms with van der Waals surface area (Å²) in [5.74, 6) is 0.451. The van der Waals surface area contributed by atoms with Crippen LogP contribution in [0.3, 0.4) is 0 Å². The molecule has 106 valence electrons. The quantitative estimate of drug-likeness (QED) is 0.824. The lowest BCUT2D eigenvalue weighted by Gasteiger charge is -2.36. The molecule has 2 N–H and O–H groups in total. The minimum absolute atomic E-state index is 0.282. The summed E-state index contributed by atoms with van der Waals surface area (Å²) in [6, 6.07) is 0.282. The lowest BCUT2D eigenvalue weighted by Crippen LogP contribution is -2.47. The molecule has 0 radical (unpaired) electrons. The topological polar surface area (TPSA) is 66.6 Å². The van der Waals surface area contributed by atoms with Gasteiger partial charge in [-0.25, -0.2) is 0 Å². The average molecular weight is 275 g/mol. The van der Waals surface area contributed by atoms with Crippen LogP contribution in [0.5, 0.6) is 0 Å². The fourth-order valence-electron chi connectivity index (χ4n) is 2.86. The SMILES string of the molecule is CN(CC1CC(N)C1)S(=O)(=O)N1CCCCCC1. The van der Waals surface area contributed by atoms with E-state index in [1.54, 1.807) is 11.4 Å². The van der Waals surface area contributed by atoms with Crippen LogP contribution in [0.4, 0.5) is 0 Å². The Morgan fingerprint density at radius 3 is 2.22 bits per heavy atom. The van der Waals surface area contributed by atoms with Gasteiger partial charge in [0.25, 0.3) is 10.2 Å². The first kappa shape index (κ1) is 14.2. The highest BCUT2D eigenvalue weighted by atomic mass is 32.2. The third kappa shape index (κ3) is 3.23. The summed E-state index contributed by atoms with van der Waals surface area (Å²) in [4.78, 5) is 0. The molecule has 1 aliphatic carbocycles. The number of nitrogens with zero attached hydrogens (tertiary/aromatic N) is 2. The smallest absolute Gasteiger partial charge is 0.281 e. The van der Waals surface area contributed by atoms with E-state index in [-0.39, 0.29) is 6.04 Å². The molecule has 6 heteroatoms. The second-order valence-corrected chi connectivity index (χ2v) is 7.73. The highest BCUT2D eigenvalue weighted by Gasteiger charge is 2.33. The van der Waals surface area contributed by atoms with Gasteiger partial charge in [0.2, 0.25) is 0 Å². The molecule has 2 fully saturated rings. The zero-order chi connectivity index (χ0) is 13.2. The van der Waals surface area contributed by atoms with Crippen molar-refractivity contribution in [3.63, 3.8) is 0 Å². The molecular formula is C12H25N3O2S. The standard InChI is InChI=1S/C12H25N3O2S/c1-14(10-11-8-12(13)9-11)18(16,17)15-6-4-2-3-5-7-15/h11-12H,2-10,13H2,1H3.